The minimum absolute atomic E-state index is 0.233. The van der Waals surface area contributed by atoms with E-state index in [1.807, 2.05) is 97.1 Å². The molecule has 6 rings (SSSR count). The van der Waals surface area contributed by atoms with Crippen molar-refractivity contribution in [1.29, 1.82) is 0 Å². The minimum Gasteiger partial charge on any atom is -0.480 e. The molecule has 12 nitrogen and oxygen atoms in total. The van der Waals surface area contributed by atoms with E-state index in [0.717, 1.165) is 43.0 Å². The van der Waals surface area contributed by atoms with Crippen LogP contribution in [0.5, 0.6) is 0 Å². The average molecular weight is 874 g/mol. The molecule has 62 heavy (non-hydrogen) atoms. The molecule has 0 aromatic heterocycles. The molecule has 1 amide bonds. The molecule has 0 radical (unpaired) electrons. The standard InChI is InChI=1S/C48H45NO11P2/c50-43(51)29-57-32-48(33-58-30-44(52)53,34-59-31-45(54)55)49-47(56)60-28-35-16-15-27-42(62(38-21-9-3-10-22-38)39-23-11-4-12-24-39)46(35)40-25-13-14-26-41(40)61(36-17-5-1-6-18-36)37-19-7-2-8-20-37/h1-27H,28-34H2,(H,49,56)(H,50,51)(H,52,53)(H,54,55). The van der Waals surface area contributed by atoms with Crippen LogP contribution in [0.15, 0.2) is 164 Å². The number of carbonyl (C=O) groups is 4. The van der Waals surface area contributed by atoms with Gasteiger partial charge in [0.05, 0.1) is 19.8 Å². The summed E-state index contributed by atoms with van der Waals surface area (Å²) in [6.45, 7) is -4.17. The van der Waals surface area contributed by atoms with Gasteiger partial charge in [-0.1, -0.05) is 164 Å². The predicted molar refractivity (Wildman–Crippen MR) is 241 cm³/mol. The first-order valence-electron chi connectivity index (χ1n) is 19.5. The molecule has 0 bridgehead atoms. The van der Waals surface area contributed by atoms with Crippen molar-refractivity contribution in [1.82, 2.24) is 5.32 Å². The highest BCUT2D eigenvalue weighted by atomic mass is 31.1. The maximum atomic E-state index is 13.9. The molecule has 0 spiro atoms. The summed E-state index contributed by atoms with van der Waals surface area (Å²) in [6, 6.07) is 55.6. The zero-order valence-corrected chi connectivity index (χ0v) is 35.3. The fourth-order valence-electron chi connectivity index (χ4n) is 6.88. The lowest BCUT2D eigenvalue weighted by molar-refractivity contribution is -0.147. The second kappa shape index (κ2) is 22.5. The van der Waals surface area contributed by atoms with Crippen molar-refractivity contribution in [3.8, 4) is 11.1 Å². The van der Waals surface area contributed by atoms with Crippen LogP contribution >= 0.6 is 15.8 Å². The van der Waals surface area contributed by atoms with Gasteiger partial charge in [-0.2, -0.15) is 0 Å². The second-order valence-corrected chi connectivity index (χ2v) is 18.4. The van der Waals surface area contributed by atoms with E-state index >= 15 is 0 Å². The van der Waals surface area contributed by atoms with E-state index in [4.69, 9.17) is 18.9 Å². The van der Waals surface area contributed by atoms with Crippen LogP contribution in [-0.4, -0.2) is 84.5 Å². The van der Waals surface area contributed by atoms with Crippen molar-refractivity contribution in [3.05, 3.63) is 169 Å². The molecule has 0 aliphatic carbocycles. The molecule has 4 N–H and O–H groups in total. The Balaban J connectivity index is 1.47. The fourth-order valence-corrected chi connectivity index (χ4v) is 11.9. The molecular formula is C48H45NO11P2. The van der Waals surface area contributed by atoms with Crippen LogP contribution in [0.3, 0.4) is 0 Å². The van der Waals surface area contributed by atoms with Gasteiger partial charge < -0.3 is 39.6 Å². The van der Waals surface area contributed by atoms with Crippen LogP contribution < -0.4 is 37.1 Å². The molecule has 6 aromatic rings. The lowest BCUT2D eigenvalue weighted by atomic mass is 10.00. The Morgan fingerprint density at radius 3 is 1.26 bits per heavy atom. The molecule has 0 fully saturated rings. The van der Waals surface area contributed by atoms with E-state index in [1.54, 1.807) is 0 Å². The van der Waals surface area contributed by atoms with Gasteiger partial charge in [0.2, 0.25) is 0 Å². The molecule has 0 unspecified atom stereocenters. The van der Waals surface area contributed by atoms with Gasteiger partial charge in [0.15, 0.2) is 0 Å². The summed E-state index contributed by atoms with van der Waals surface area (Å²) in [5.41, 5.74) is 0.795. The van der Waals surface area contributed by atoms with E-state index < -0.39 is 85.0 Å². The molecule has 318 valence electrons. The summed E-state index contributed by atoms with van der Waals surface area (Å²) in [6.07, 6.45) is -0.990. The van der Waals surface area contributed by atoms with E-state index in [1.165, 1.54) is 0 Å². The Morgan fingerprint density at radius 2 is 0.839 bits per heavy atom. The Hall–Kier alpha value is -6.26. The van der Waals surface area contributed by atoms with Gasteiger partial charge in [0, 0.05) is 0 Å². The highest BCUT2D eigenvalue weighted by Crippen LogP contribution is 2.42. The number of hydrogen-bond donors (Lipinski definition) is 4. The van der Waals surface area contributed by atoms with Gasteiger partial charge in [-0.15, -0.1) is 0 Å². The number of nitrogens with one attached hydrogen (secondary N) is 1. The van der Waals surface area contributed by atoms with Crippen molar-refractivity contribution >= 4 is 71.7 Å². The first-order valence-corrected chi connectivity index (χ1v) is 22.2. The largest absolute Gasteiger partial charge is 0.480 e. The van der Waals surface area contributed by atoms with Gasteiger partial charge >= 0.3 is 24.0 Å². The quantitative estimate of drug-likeness (QED) is 0.0665. The van der Waals surface area contributed by atoms with Crippen molar-refractivity contribution < 1.29 is 53.4 Å². The number of aliphatic carboxylic acids is 3. The van der Waals surface area contributed by atoms with E-state index in [2.05, 4.69) is 72.0 Å². The van der Waals surface area contributed by atoms with Gasteiger partial charge in [-0.3, -0.25) is 0 Å². The van der Waals surface area contributed by atoms with Gasteiger partial charge in [-0.25, -0.2) is 19.2 Å². The summed E-state index contributed by atoms with van der Waals surface area (Å²) in [7, 11) is -2.27. The first kappa shape index (κ1) is 45.3. The summed E-state index contributed by atoms with van der Waals surface area (Å²) in [5.74, 6) is -3.91. The summed E-state index contributed by atoms with van der Waals surface area (Å²) >= 11 is 0. The van der Waals surface area contributed by atoms with Crippen molar-refractivity contribution in [2.45, 2.75) is 12.1 Å². The normalized spacial score (nSPS) is 11.3. The van der Waals surface area contributed by atoms with Crippen LogP contribution in [0, 0.1) is 0 Å². The maximum absolute atomic E-state index is 13.9. The van der Waals surface area contributed by atoms with Crippen LogP contribution in [0.4, 0.5) is 4.79 Å². The lowest BCUT2D eigenvalue weighted by Gasteiger charge is -2.33. The van der Waals surface area contributed by atoms with Crippen LogP contribution in [0.2, 0.25) is 0 Å². The molecule has 0 atom stereocenters. The summed E-state index contributed by atoms with van der Waals surface area (Å²) < 4.78 is 22.0. The Kier molecular flexibility index (Phi) is 16.5. The number of amides is 1. The zero-order chi connectivity index (χ0) is 43.7. The van der Waals surface area contributed by atoms with E-state index in [-0.39, 0.29) is 6.61 Å². The first-order chi connectivity index (χ1) is 30.1. The van der Waals surface area contributed by atoms with Gasteiger partial charge in [0.1, 0.15) is 32.0 Å². The van der Waals surface area contributed by atoms with Crippen molar-refractivity contribution in [2.24, 2.45) is 0 Å². The van der Waals surface area contributed by atoms with Crippen LogP contribution in [0.1, 0.15) is 5.56 Å². The fraction of sp³-hybridized carbons (Fsp3) is 0.167. The number of carbonyl (C=O) groups excluding carboxylic acids is 1. The number of benzene rings is 6. The van der Waals surface area contributed by atoms with Gasteiger partial charge in [-0.05, 0) is 64.4 Å². The highest BCUT2D eigenvalue weighted by Gasteiger charge is 2.36. The summed E-state index contributed by atoms with van der Waals surface area (Å²) in [4.78, 5) is 48.0. The third-order valence-corrected chi connectivity index (χ3v) is 14.4. The smallest absolute Gasteiger partial charge is 0.408 e. The lowest BCUT2D eigenvalue weighted by Crippen LogP contribution is -2.59. The second-order valence-electron chi connectivity index (χ2n) is 14.0. The molecule has 6 aromatic carbocycles. The molecule has 0 saturated heterocycles. The number of rotatable bonds is 22. The minimum atomic E-state index is -1.75. The number of carboxylic acids is 3. The molecule has 14 heteroatoms. The van der Waals surface area contributed by atoms with Crippen LogP contribution in [-0.2, 0) is 39.9 Å². The number of carboxylic acid groups (broad SMARTS) is 3. The third-order valence-electron chi connectivity index (χ3n) is 9.38. The highest BCUT2D eigenvalue weighted by molar-refractivity contribution is 7.80. The zero-order valence-electron chi connectivity index (χ0n) is 33.5. The molecular weight excluding hydrogens is 828 g/mol. The molecule has 0 saturated carbocycles. The van der Waals surface area contributed by atoms with E-state index in [9.17, 15) is 34.5 Å². The number of ether oxygens (including phenoxy) is 4. The van der Waals surface area contributed by atoms with E-state index in [0.29, 0.717) is 5.56 Å². The summed E-state index contributed by atoms with van der Waals surface area (Å²) in [5, 5.41) is 37.1. The van der Waals surface area contributed by atoms with Crippen molar-refractivity contribution in [2.75, 3.05) is 39.6 Å². The monoisotopic (exact) mass is 873 g/mol. The SMILES string of the molecule is O=C(O)COCC(COCC(=O)O)(COCC(=O)O)NC(=O)OCc1cccc(P(c2ccccc2)c2ccccc2)c1-c1ccccc1P(c1ccccc1)c1ccccc1. The molecule has 0 aliphatic heterocycles. The molecule has 0 heterocycles. The predicted octanol–water partition coefficient (Wildman–Crippen LogP) is 5.14. The van der Waals surface area contributed by atoms with Crippen molar-refractivity contribution in [3.63, 3.8) is 0 Å². The number of hydrogen-bond acceptors (Lipinski definition) is 8. The molecule has 0 aliphatic rings. The Morgan fingerprint density at radius 1 is 0.468 bits per heavy atom. The average Bonchev–Trinajstić information content (AvgIpc) is 3.27. The topological polar surface area (TPSA) is 178 Å². The number of alkyl carbamates (subject to hydrolysis) is 1. The third kappa shape index (κ3) is 12.4. The van der Waals surface area contributed by atoms with Gasteiger partial charge in [0.25, 0.3) is 0 Å². The maximum Gasteiger partial charge on any atom is 0.408 e. The Labute approximate surface area is 361 Å². The Bertz CT molecular complexity index is 2280. The van der Waals surface area contributed by atoms with Crippen LogP contribution in [0.25, 0.3) is 11.1 Å².